The number of nitrogens with one attached hydrogen (secondary N) is 1. The van der Waals surface area contributed by atoms with Crippen LogP contribution in [0.4, 0.5) is 11.4 Å². The van der Waals surface area contributed by atoms with Gasteiger partial charge < -0.3 is 10.2 Å². The molecule has 2 rings (SSSR count). The molecule has 2 aromatic carbocycles. The molecule has 0 fully saturated rings. The monoisotopic (exact) mass is 288 g/mol. The van der Waals surface area contributed by atoms with Crippen LogP contribution >= 0.6 is 11.6 Å². The molecular formula is C17H21ClN2. The van der Waals surface area contributed by atoms with Crippen molar-refractivity contribution in [3.63, 3.8) is 0 Å². The third-order valence-corrected chi connectivity index (χ3v) is 3.71. The number of benzene rings is 2. The third kappa shape index (κ3) is 3.45. The smallest absolute Gasteiger partial charge is 0.0659 e. The van der Waals surface area contributed by atoms with Crippen LogP contribution in [-0.2, 0) is 6.54 Å². The Morgan fingerprint density at radius 3 is 2.40 bits per heavy atom. The molecule has 0 spiro atoms. The van der Waals surface area contributed by atoms with Crippen molar-refractivity contribution in [2.45, 2.75) is 20.4 Å². The quantitative estimate of drug-likeness (QED) is 0.882. The average molecular weight is 289 g/mol. The summed E-state index contributed by atoms with van der Waals surface area (Å²) in [5.74, 6) is 0. The highest BCUT2D eigenvalue weighted by atomic mass is 35.5. The van der Waals surface area contributed by atoms with E-state index in [0.29, 0.717) is 0 Å². The minimum absolute atomic E-state index is 0.764. The van der Waals surface area contributed by atoms with E-state index in [-0.39, 0.29) is 0 Å². The Kier molecular flexibility index (Phi) is 4.56. The van der Waals surface area contributed by atoms with Crippen LogP contribution in [-0.4, -0.2) is 14.1 Å². The first-order valence-electron chi connectivity index (χ1n) is 6.74. The number of aryl methyl sites for hydroxylation is 2. The molecule has 0 heterocycles. The number of hydrogen-bond donors (Lipinski definition) is 1. The molecule has 0 amide bonds. The maximum Gasteiger partial charge on any atom is 0.0659 e. The topological polar surface area (TPSA) is 15.3 Å². The lowest BCUT2D eigenvalue weighted by molar-refractivity contribution is 1.11. The molecule has 20 heavy (non-hydrogen) atoms. The van der Waals surface area contributed by atoms with Gasteiger partial charge in [0.25, 0.3) is 0 Å². The second kappa shape index (κ2) is 6.19. The molecule has 106 valence electrons. The van der Waals surface area contributed by atoms with Crippen LogP contribution in [0.2, 0.25) is 5.02 Å². The zero-order chi connectivity index (χ0) is 14.7. The molecule has 0 aliphatic heterocycles. The van der Waals surface area contributed by atoms with Crippen LogP contribution in [0.5, 0.6) is 0 Å². The molecule has 0 saturated carbocycles. The summed E-state index contributed by atoms with van der Waals surface area (Å²) in [6, 6.07) is 12.6. The molecular weight excluding hydrogens is 268 g/mol. The first-order valence-corrected chi connectivity index (χ1v) is 7.12. The van der Waals surface area contributed by atoms with Crippen LogP contribution in [0.1, 0.15) is 16.7 Å². The highest BCUT2D eigenvalue weighted by Crippen LogP contribution is 2.27. The predicted octanol–water partition coefficient (Wildman–Crippen LogP) is 4.63. The van der Waals surface area contributed by atoms with Crippen LogP contribution in [0, 0.1) is 13.8 Å². The Labute approximate surface area is 126 Å². The summed E-state index contributed by atoms with van der Waals surface area (Å²) < 4.78 is 0. The van der Waals surface area contributed by atoms with Gasteiger partial charge in [-0.1, -0.05) is 35.4 Å². The molecule has 0 aliphatic carbocycles. The standard InChI is InChI=1S/C17H21ClN2/c1-12-5-6-14(13(2)9-12)11-19-15-7-8-17(20(3)4)16(18)10-15/h5-10,19H,11H2,1-4H3. The second-order valence-corrected chi connectivity index (χ2v) is 5.75. The normalized spacial score (nSPS) is 10.4. The summed E-state index contributed by atoms with van der Waals surface area (Å²) in [4.78, 5) is 2.01. The molecule has 0 saturated heterocycles. The molecule has 0 aliphatic rings. The maximum absolute atomic E-state index is 6.28. The van der Waals surface area contributed by atoms with Crippen molar-refractivity contribution in [2.24, 2.45) is 0 Å². The first-order chi connectivity index (χ1) is 9.47. The van der Waals surface area contributed by atoms with Crippen molar-refractivity contribution in [1.29, 1.82) is 0 Å². The van der Waals surface area contributed by atoms with Crippen LogP contribution in [0.25, 0.3) is 0 Å². The van der Waals surface area contributed by atoms with Crippen molar-refractivity contribution >= 4 is 23.0 Å². The van der Waals surface area contributed by atoms with Gasteiger partial charge in [0, 0.05) is 26.3 Å². The highest BCUT2D eigenvalue weighted by molar-refractivity contribution is 6.33. The molecule has 3 heteroatoms. The zero-order valence-electron chi connectivity index (χ0n) is 12.5. The van der Waals surface area contributed by atoms with Gasteiger partial charge in [-0.3, -0.25) is 0 Å². The van der Waals surface area contributed by atoms with E-state index in [1.807, 2.05) is 31.1 Å². The van der Waals surface area contributed by atoms with Gasteiger partial charge in [0.15, 0.2) is 0 Å². The van der Waals surface area contributed by atoms with E-state index in [1.165, 1.54) is 16.7 Å². The molecule has 0 atom stereocenters. The summed E-state index contributed by atoms with van der Waals surface area (Å²) in [6.07, 6.45) is 0. The van der Waals surface area contributed by atoms with Gasteiger partial charge in [-0.2, -0.15) is 0 Å². The summed E-state index contributed by atoms with van der Waals surface area (Å²) in [5.41, 5.74) is 5.99. The molecule has 0 unspecified atom stereocenters. The zero-order valence-corrected chi connectivity index (χ0v) is 13.3. The van der Waals surface area contributed by atoms with Crippen molar-refractivity contribution in [3.8, 4) is 0 Å². The van der Waals surface area contributed by atoms with Crippen molar-refractivity contribution in [2.75, 3.05) is 24.3 Å². The average Bonchev–Trinajstić information content (AvgIpc) is 2.37. The van der Waals surface area contributed by atoms with E-state index < -0.39 is 0 Å². The lowest BCUT2D eigenvalue weighted by atomic mass is 10.1. The third-order valence-electron chi connectivity index (χ3n) is 3.41. The summed E-state index contributed by atoms with van der Waals surface area (Å²) in [7, 11) is 3.98. The van der Waals surface area contributed by atoms with Gasteiger partial charge in [0.1, 0.15) is 0 Å². The molecule has 0 aromatic heterocycles. The lowest BCUT2D eigenvalue weighted by Gasteiger charge is -2.16. The summed E-state index contributed by atoms with van der Waals surface area (Å²) >= 11 is 6.28. The van der Waals surface area contributed by atoms with Crippen molar-refractivity contribution in [3.05, 3.63) is 58.1 Å². The van der Waals surface area contributed by atoms with Gasteiger partial charge >= 0.3 is 0 Å². The molecule has 0 bridgehead atoms. The minimum atomic E-state index is 0.764. The molecule has 2 aromatic rings. The summed E-state index contributed by atoms with van der Waals surface area (Å²) in [5, 5.41) is 4.19. The number of rotatable bonds is 4. The van der Waals surface area contributed by atoms with Gasteiger partial charge in [0.2, 0.25) is 0 Å². The fourth-order valence-electron chi connectivity index (χ4n) is 2.22. The van der Waals surface area contributed by atoms with Gasteiger partial charge in [0.05, 0.1) is 10.7 Å². The van der Waals surface area contributed by atoms with E-state index in [4.69, 9.17) is 11.6 Å². The van der Waals surface area contributed by atoms with E-state index in [9.17, 15) is 0 Å². The maximum atomic E-state index is 6.28. The number of hydrogen-bond acceptors (Lipinski definition) is 2. The number of anilines is 2. The number of nitrogens with zero attached hydrogens (tertiary/aromatic N) is 1. The Morgan fingerprint density at radius 1 is 1.05 bits per heavy atom. The Morgan fingerprint density at radius 2 is 1.80 bits per heavy atom. The fourth-order valence-corrected chi connectivity index (χ4v) is 2.57. The minimum Gasteiger partial charge on any atom is -0.381 e. The van der Waals surface area contributed by atoms with E-state index in [1.54, 1.807) is 0 Å². The van der Waals surface area contributed by atoms with Gasteiger partial charge in [-0.15, -0.1) is 0 Å². The van der Waals surface area contributed by atoms with E-state index in [2.05, 4.69) is 43.4 Å². The molecule has 1 N–H and O–H groups in total. The first kappa shape index (κ1) is 14.7. The lowest BCUT2D eigenvalue weighted by Crippen LogP contribution is -2.09. The van der Waals surface area contributed by atoms with E-state index in [0.717, 1.165) is 22.9 Å². The Bertz CT molecular complexity index is 606. The van der Waals surface area contributed by atoms with Crippen molar-refractivity contribution < 1.29 is 0 Å². The number of halogens is 1. The van der Waals surface area contributed by atoms with Crippen LogP contribution in [0.3, 0.4) is 0 Å². The largest absolute Gasteiger partial charge is 0.381 e. The van der Waals surface area contributed by atoms with E-state index >= 15 is 0 Å². The van der Waals surface area contributed by atoms with Gasteiger partial charge in [-0.25, -0.2) is 0 Å². The fraction of sp³-hybridized carbons (Fsp3) is 0.294. The van der Waals surface area contributed by atoms with Crippen molar-refractivity contribution in [1.82, 2.24) is 0 Å². The molecule has 0 radical (unpaired) electrons. The van der Waals surface area contributed by atoms with Gasteiger partial charge in [-0.05, 0) is 43.2 Å². The van der Waals surface area contributed by atoms with Crippen LogP contribution < -0.4 is 10.2 Å². The SMILES string of the molecule is Cc1ccc(CNc2ccc(N(C)C)c(Cl)c2)c(C)c1. The Balaban J connectivity index is 2.09. The highest BCUT2D eigenvalue weighted by Gasteiger charge is 2.04. The Hall–Kier alpha value is -1.67. The second-order valence-electron chi connectivity index (χ2n) is 5.34. The van der Waals surface area contributed by atoms with Crippen LogP contribution in [0.15, 0.2) is 36.4 Å². The molecule has 2 nitrogen and oxygen atoms in total. The predicted molar refractivity (Wildman–Crippen MR) is 89.0 cm³/mol. The summed E-state index contributed by atoms with van der Waals surface area (Å²) in [6.45, 7) is 5.07.